The predicted octanol–water partition coefficient (Wildman–Crippen LogP) is 0.998. The zero-order valence-corrected chi connectivity index (χ0v) is 10.1. The number of imidazole rings is 1. The summed E-state index contributed by atoms with van der Waals surface area (Å²) < 4.78 is 5.16. The first-order valence-electron chi connectivity index (χ1n) is 5.19. The molecule has 1 aromatic heterocycles. The van der Waals surface area contributed by atoms with E-state index in [0.29, 0.717) is 5.69 Å². The van der Waals surface area contributed by atoms with Gasteiger partial charge in [-0.2, -0.15) is 4.99 Å². The van der Waals surface area contributed by atoms with Crippen LogP contribution in [0.2, 0.25) is 0 Å². The molecule has 0 fully saturated rings. The van der Waals surface area contributed by atoms with Crippen molar-refractivity contribution in [1.82, 2.24) is 9.97 Å². The van der Waals surface area contributed by atoms with Crippen LogP contribution in [0.5, 0.6) is 0 Å². The van der Waals surface area contributed by atoms with Gasteiger partial charge < -0.3 is 9.72 Å². The number of nitrogens with zero attached hydrogens (tertiary/aromatic N) is 2. The molecule has 6 heteroatoms. The van der Waals surface area contributed by atoms with Crippen molar-refractivity contribution >= 4 is 12.0 Å². The Morgan fingerprint density at radius 1 is 1.65 bits per heavy atom. The third-order valence-corrected chi connectivity index (χ3v) is 1.86. The van der Waals surface area contributed by atoms with Crippen LogP contribution in [0, 0.1) is 0 Å². The number of nitrogens with one attached hydrogen (secondary N) is 1. The summed E-state index contributed by atoms with van der Waals surface area (Å²) in [7, 11) is 0. The van der Waals surface area contributed by atoms with Crippen molar-refractivity contribution in [3.8, 4) is 0 Å². The molecule has 0 bridgehead atoms. The molecular formula is C11H15N3O3. The molecule has 1 unspecified atom stereocenters. The Bertz CT molecular complexity index is 414. The van der Waals surface area contributed by atoms with Gasteiger partial charge >= 0.3 is 5.97 Å². The Labute approximate surface area is 99.1 Å². The van der Waals surface area contributed by atoms with Crippen LogP contribution in [0.1, 0.15) is 26.5 Å². The molecule has 1 N–H and O–H groups in total. The minimum absolute atomic E-state index is 0.240. The van der Waals surface area contributed by atoms with E-state index in [4.69, 9.17) is 4.74 Å². The molecule has 0 saturated carbocycles. The summed E-state index contributed by atoms with van der Waals surface area (Å²) in [5, 5.41) is 0. The molecule has 1 heterocycles. The SMILES string of the molecule is CC(C)(C)OC(=O)C(Cc1cnc[nH]1)N=C=O. The van der Waals surface area contributed by atoms with Crippen molar-refractivity contribution in [3.05, 3.63) is 18.2 Å². The molecule has 1 rings (SSSR count). The topological polar surface area (TPSA) is 84.4 Å². The van der Waals surface area contributed by atoms with Gasteiger partial charge in [0.05, 0.1) is 6.33 Å². The standard InChI is InChI=1S/C11H15N3O3/c1-11(2,3)17-10(16)9(14-7-15)4-8-5-12-6-13-8/h5-6,9H,4H2,1-3H3,(H,12,13). The van der Waals surface area contributed by atoms with E-state index < -0.39 is 17.6 Å². The van der Waals surface area contributed by atoms with Crippen molar-refractivity contribution in [2.24, 2.45) is 4.99 Å². The van der Waals surface area contributed by atoms with Gasteiger partial charge in [0.25, 0.3) is 0 Å². The quantitative estimate of drug-likeness (QED) is 0.481. The van der Waals surface area contributed by atoms with E-state index in [1.807, 2.05) is 0 Å². The lowest BCUT2D eigenvalue weighted by molar-refractivity contribution is -0.156. The largest absolute Gasteiger partial charge is 0.458 e. The Morgan fingerprint density at radius 3 is 2.82 bits per heavy atom. The fourth-order valence-corrected chi connectivity index (χ4v) is 1.22. The minimum Gasteiger partial charge on any atom is -0.458 e. The lowest BCUT2D eigenvalue weighted by atomic mass is 10.1. The minimum atomic E-state index is -0.882. The summed E-state index contributed by atoms with van der Waals surface area (Å²) in [6, 6.07) is -0.882. The van der Waals surface area contributed by atoms with Gasteiger partial charge in [0.15, 0.2) is 6.04 Å². The smallest absolute Gasteiger partial charge is 0.332 e. The summed E-state index contributed by atoms with van der Waals surface area (Å²) in [5.41, 5.74) is 0.0988. The summed E-state index contributed by atoms with van der Waals surface area (Å²) in [5.74, 6) is -0.546. The van der Waals surface area contributed by atoms with Crippen LogP contribution in [0.25, 0.3) is 0 Å². The Hall–Kier alpha value is -1.94. The van der Waals surface area contributed by atoms with Crippen molar-refractivity contribution in [1.29, 1.82) is 0 Å². The van der Waals surface area contributed by atoms with Crippen LogP contribution in [-0.2, 0) is 20.7 Å². The van der Waals surface area contributed by atoms with Gasteiger partial charge in [-0.15, -0.1) is 0 Å². The fourth-order valence-electron chi connectivity index (χ4n) is 1.22. The van der Waals surface area contributed by atoms with Crippen molar-refractivity contribution < 1.29 is 14.3 Å². The van der Waals surface area contributed by atoms with Gasteiger partial charge in [-0.25, -0.2) is 14.6 Å². The van der Waals surface area contributed by atoms with E-state index in [1.165, 1.54) is 12.4 Å². The second-order valence-corrected chi connectivity index (χ2v) is 4.55. The highest BCUT2D eigenvalue weighted by atomic mass is 16.6. The normalized spacial score (nSPS) is 12.6. The number of esters is 1. The Kier molecular flexibility index (Phi) is 4.17. The van der Waals surface area contributed by atoms with Crippen LogP contribution in [0.3, 0.4) is 0 Å². The van der Waals surface area contributed by atoms with Gasteiger partial charge in [0, 0.05) is 18.3 Å². The van der Waals surface area contributed by atoms with Crippen LogP contribution < -0.4 is 0 Å². The average molecular weight is 237 g/mol. The third-order valence-electron chi connectivity index (χ3n) is 1.86. The first kappa shape index (κ1) is 13.1. The maximum atomic E-state index is 11.7. The number of aliphatic imine (C=N–C) groups is 1. The van der Waals surface area contributed by atoms with E-state index in [1.54, 1.807) is 27.0 Å². The number of aromatic amines is 1. The molecule has 0 radical (unpaired) electrons. The maximum absolute atomic E-state index is 11.7. The van der Waals surface area contributed by atoms with Crippen LogP contribution in [0.15, 0.2) is 17.5 Å². The van der Waals surface area contributed by atoms with Gasteiger partial charge in [-0.3, -0.25) is 0 Å². The molecule has 0 aromatic carbocycles. The third kappa shape index (κ3) is 4.61. The van der Waals surface area contributed by atoms with E-state index in [2.05, 4.69) is 15.0 Å². The highest BCUT2D eigenvalue weighted by Gasteiger charge is 2.25. The first-order valence-corrected chi connectivity index (χ1v) is 5.19. The fraction of sp³-hybridized carbons (Fsp3) is 0.545. The molecule has 0 saturated heterocycles. The second-order valence-electron chi connectivity index (χ2n) is 4.55. The molecule has 92 valence electrons. The zero-order valence-electron chi connectivity index (χ0n) is 10.1. The average Bonchev–Trinajstić information content (AvgIpc) is 2.67. The zero-order chi connectivity index (χ0) is 12.9. The number of hydrogen-bond acceptors (Lipinski definition) is 5. The number of rotatable bonds is 4. The number of aromatic nitrogens is 2. The molecule has 0 aliphatic carbocycles. The number of isocyanates is 1. The molecule has 0 spiro atoms. The lowest BCUT2D eigenvalue weighted by Crippen LogP contribution is -2.32. The number of H-pyrrole nitrogens is 1. The predicted molar refractivity (Wildman–Crippen MR) is 60.0 cm³/mol. The first-order chi connectivity index (χ1) is 7.92. The van der Waals surface area contributed by atoms with Crippen LogP contribution in [0.4, 0.5) is 0 Å². The summed E-state index contributed by atoms with van der Waals surface area (Å²) >= 11 is 0. The van der Waals surface area contributed by atoms with E-state index >= 15 is 0 Å². The van der Waals surface area contributed by atoms with E-state index in [-0.39, 0.29) is 6.42 Å². The Balaban J connectivity index is 2.72. The molecule has 17 heavy (non-hydrogen) atoms. The number of carbonyl (C=O) groups is 1. The van der Waals surface area contributed by atoms with Crippen LogP contribution in [-0.4, -0.2) is 33.7 Å². The number of carbonyl (C=O) groups excluding carboxylic acids is 2. The summed E-state index contributed by atoms with van der Waals surface area (Å²) in [4.78, 5) is 32.1. The van der Waals surface area contributed by atoms with Gasteiger partial charge in [0.2, 0.25) is 6.08 Å². The molecule has 1 aromatic rings. The Morgan fingerprint density at radius 2 is 2.35 bits per heavy atom. The van der Waals surface area contributed by atoms with Gasteiger partial charge in [0.1, 0.15) is 5.60 Å². The van der Waals surface area contributed by atoms with Gasteiger partial charge in [-0.1, -0.05) is 0 Å². The monoisotopic (exact) mass is 237 g/mol. The molecule has 0 aliphatic heterocycles. The molecular weight excluding hydrogens is 222 g/mol. The van der Waals surface area contributed by atoms with Gasteiger partial charge in [-0.05, 0) is 20.8 Å². The summed E-state index contributed by atoms with van der Waals surface area (Å²) in [6.45, 7) is 5.26. The van der Waals surface area contributed by atoms with Crippen molar-refractivity contribution in [3.63, 3.8) is 0 Å². The highest BCUT2D eigenvalue weighted by Crippen LogP contribution is 2.12. The molecule has 0 aliphatic rings. The maximum Gasteiger partial charge on any atom is 0.332 e. The van der Waals surface area contributed by atoms with Crippen LogP contribution >= 0.6 is 0 Å². The van der Waals surface area contributed by atoms with E-state index in [9.17, 15) is 9.59 Å². The molecule has 1 atom stereocenters. The highest BCUT2D eigenvalue weighted by molar-refractivity contribution is 5.77. The van der Waals surface area contributed by atoms with E-state index in [0.717, 1.165) is 0 Å². The van der Waals surface area contributed by atoms with Crippen molar-refractivity contribution in [2.45, 2.75) is 38.8 Å². The number of ether oxygens (including phenoxy) is 1. The van der Waals surface area contributed by atoms with Crippen molar-refractivity contribution in [2.75, 3.05) is 0 Å². The second kappa shape index (κ2) is 5.41. The molecule has 0 amide bonds. The molecule has 6 nitrogen and oxygen atoms in total. The number of hydrogen-bond donors (Lipinski definition) is 1. The lowest BCUT2D eigenvalue weighted by Gasteiger charge is -2.21. The summed E-state index contributed by atoms with van der Waals surface area (Å²) in [6.07, 6.45) is 4.69.